The topological polar surface area (TPSA) is 45.5 Å². The summed E-state index contributed by atoms with van der Waals surface area (Å²) in [6, 6.07) is 13.9. The van der Waals surface area contributed by atoms with Crippen molar-refractivity contribution in [1.82, 2.24) is 10.2 Å². The molecule has 2 heterocycles. The molecule has 0 spiro atoms. The smallest absolute Gasteiger partial charge is 0.226 e. The number of piperidine rings is 1. The molecular weight excluding hydrogens is 276 g/mol. The summed E-state index contributed by atoms with van der Waals surface area (Å²) >= 11 is 0. The van der Waals surface area contributed by atoms with Crippen LogP contribution in [0.3, 0.4) is 0 Å². The van der Waals surface area contributed by atoms with E-state index in [1.54, 1.807) is 6.26 Å². The van der Waals surface area contributed by atoms with E-state index in [2.05, 4.69) is 17.4 Å². The van der Waals surface area contributed by atoms with Gasteiger partial charge in [0.2, 0.25) is 5.91 Å². The number of nitrogens with zero attached hydrogens (tertiary/aromatic N) is 1. The van der Waals surface area contributed by atoms with Crippen LogP contribution in [0.1, 0.15) is 24.2 Å². The lowest BCUT2D eigenvalue weighted by Crippen LogP contribution is -2.40. The summed E-state index contributed by atoms with van der Waals surface area (Å²) in [5, 5.41) is 3.31. The Labute approximate surface area is 131 Å². The van der Waals surface area contributed by atoms with Gasteiger partial charge in [0.05, 0.1) is 12.8 Å². The molecule has 0 atom stereocenters. The number of hydrogen-bond acceptors (Lipinski definition) is 3. The summed E-state index contributed by atoms with van der Waals surface area (Å²) in [5.74, 6) is 1.19. The van der Waals surface area contributed by atoms with Crippen LogP contribution in [0.2, 0.25) is 0 Å². The minimum absolute atomic E-state index is 0.125. The molecule has 1 aliphatic rings. The van der Waals surface area contributed by atoms with Crippen LogP contribution in [0.5, 0.6) is 0 Å². The van der Waals surface area contributed by atoms with E-state index in [4.69, 9.17) is 4.42 Å². The molecule has 1 fully saturated rings. The lowest BCUT2D eigenvalue weighted by Gasteiger charge is -2.29. The van der Waals surface area contributed by atoms with Crippen molar-refractivity contribution in [1.29, 1.82) is 0 Å². The van der Waals surface area contributed by atoms with Gasteiger partial charge in [-0.2, -0.15) is 0 Å². The normalized spacial score (nSPS) is 15.6. The fraction of sp³-hybridized carbons (Fsp3) is 0.389. The minimum Gasteiger partial charge on any atom is -0.467 e. The molecule has 1 aromatic heterocycles. The van der Waals surface area contributed by atoms with Gasteiger partial charge >= 0.3 is 0 Å². The standard InChI is InChI=1S/C18H22N2O2/c21-18(16-8-10-19-11-9-16)20(14-17-7-4-12-22-17)13-15-5-2-1-3-6-15/h1-7,12,16,19H,8-11,13-14H2. The highest BCUT2D eigenvalue weighted by atomic mass is 16.3. The molecule has 1 saturated heterocycles. The highest BCUT2D eigenvalue weighted by Gasteiger charge is 2.26. The second-order valence-electron chi connectivity index (χ2n) is 5.78. The maximum atomic E-state index is 12.9. The summed E-state index contributed by atoms with van der Waals surface area (Å²) in [5.41, 5.74) is 1.15. The molecule has 0 radical (unpaired) electrons. The monoisotopic (exact) mass is 298 g/mol. The maximum absolute atomic E-state index is 12.9. The van der Waals surface area contributed by atoms with Crippen LogP contribution in [-0.2, 0) is 17.9 Å². The van der Waals surface area contributed by atoms with E-state index in [1.165, 1.54) is 0 Å². The Morgan fingerprint density at radius 3 is 2.55 bits per heavy atom. The predicted molar refractivity (Wildman–Crippen MR) is 85.0 cm³/mol. The quantitative estimate of drug-likeness (QED) is 0.923. The second-order valence-corrected chi connectivity index (χ2v) is 5.78. The molecule has 0 unspecified atom stereocenters. The van der Waals surface area contributed by atoms with Crippen molar-refractivity contribution in [3.05, 3.63) is 60.1 Å². The Hall–Kier alpha value is -2.07. The Morgan fingerprint density at radius 2 is 1.86 bits per heavy atom. The first kappa shape index (κ1) is 14.9. The molecule has 1 N–H and O–H groups in total. The molecule has 0 aliphatic carbocycles. The van der Waals surface area contributed by atoms with Gasteiger partial charge in [0.15, 0.2) is 0 Å². The molecule has 2 aromatic rings. The number of benzene rings is 1. The van der Waals surface area contributed by atoms with E-state index in [0.29, 0.717) is 13.1 Å². The van der Waals surface area contributed by atoms with E-state index >= 15 is 0 Å². The summed E-state index contributed by atoms with van der Waals surface area (Å²) < 4.78 is 5.43. The van der Waals surface area contributed by atoms with Crippen LogP contribution in [0.15, 0.2) is 53.1 Å². The van der Waals surface area contributed by atoms with Gasteiger partial charge in [-0.3, -0.25) is 4.79 Å². The van der Waals surface area contributed by atoms with E-state index in [-0.39, 0.29) is 11.8 Å². The molecule has 1 aromatic carbocycles. The third-order valence-electron chi connectivity index (χ3n) is 4.14. The number of amides is 1. The van der Waals surface area contributed by atoms with Crippen LogP contribution >= 0.6 is 0 Å². The molecule has 1 aliphatic heterocycles. The summed E-state index contributed by atoms with van der Waals surface area (Å²) in [4.78, 5) is 14.8. The van der Waals surface area contributed by atoms with Crippen molar-refractivity contribution >= 4 is 5.91 Å². The summed E-state index contributed by atoms with van der Waals surface area (Å²) in [6.45, 7) is 3.02. The molecule has 4 nitrogen and oxygen atoms in total. The number of hydrogen-bond donors (Lipinski definition) is 1. The van der Waals surface area contributed by atoms with Crippen LogP contribution in [0.4, 0.5) is 0 Å². The van der Waals surface area contributed by atoms with Crippen LogP contribution < -0.4 is 5.32 Å². The van der Waals surface area contributed by atoms with Gasteiger partial charge in [-0.15, -0.1) is 0 Å². The fourth-order valence-corrected chi connectivity index (χ4v) is 2.93. The first-order valence-corrected chi connectivity index (χ1v) is 7.89. The Kier molecular flexibility index (Phi) is 4.91. The van der Waals surface area contributed by atoms with E-state index in [1.807, 2.05) is 35.2 Å². The van der Waals surface area contributed by atoms with Crippen molar-refractivity contribution in [2.45, 2.75) is 25.9 Å². The first-order valence-electron chi connectivity index (χ1n) is 7.89. The number of carbonyl (C=O) groups excluding carboxylic acids is 1. The van der Waals surface area contributed by atoms with Crippen molar-refractivity contribution in [2.24, 2.45) is 5.92 Å². The Bertz CT molecular complexity index is 574. The van der Waals surface area contributed by atoms with Crippen LogP contribution in [0.25, 0.3) is 0 Å². The zero-order chi connectivity index (χ0) is 15.2. The fourth-order valence-electron chi connectivity index (χ4n) is 2.93. The van der Waals surface area contributed by atoms with Gasteiger partial charge in [0.1, 0.15) is 5.76 Å². The van der Waals surface area contributed by atoms with Crippen molar-refractivity contribution < 1.29 is 9.21 Å². The number of nitrogens with one attached hydrogen (secondary N) is 1. The minimum atomic E-state index is 0.125. The molecule has 1 amide bonds. The van der Waals surface area contributed by atoms with Crippen LogP contribution in [0, 0.1) is 5.92 Å². The molecular formula is C18H22N2O2. The van der Waals surface area contributed by atoms with E-state index in [0.717, 1.165) is 37.3 Å². The average Bonchev–Trinajstić information content (AvgIpc) is 3.08. The third-order valence-corrected chi connectivity index (χ3v) is 4.14. The van der Waals surface area contributed by atoms with Gasteiger partial charge in [0.25, 0.3) is 0 Å². The molecule has 0 saturated carbocycles. The Balaban J connectivity index is 1.74. The highest BCUT2D eigenvalue weighted by molar-refractivity contribution is 5.79. The molecule has 4 heteroatoms. The van der Waals surface area contributed by atoms with Gasteiger partial charge in [-0.25, -0.2) is 0 Å². The molecule has 0 bridgehead atoms. The summed E-state index contributed by atoms with van der Waals surface area (Å²) in [6.07, 6.45) is 3.50. The third kappa shape index (κ3) is 3.77. The van der Waals surface area contributed by atoms with E-state index in [9.17, 15) is 4.79 Å². The second kappa shape index (κ2) is 7.27. The van der Waals surface area contributed by atoms with Gasteiger partial charge in [-0.05, 0) is 43.6 Å². The van der Waals surface area contributed by atoms with Gasteiger partial charge in [0, 0.05) is 12.5 Å². The predicted octanol–water partition coefficient (Wildman–Crippen LogP) is 2.81. The zero-order valence-corrected chi connectivity index (χ0v) is 12.7. The molecule has 22 heavy (non-hydrogen) atoms. The zero-order valence-electron chi connectivity index (χ0n) is 12.7. The SMILES string of the molecule is O=C(C1CCNCC1)N(Cc1ccccc1)Cc1ccco1. The van der Waals surface area contributed by atoms with Crippen molar-refractivity contribution in [3.8, 4) is 0 Å². The summed E-state index contributed by atoms with van der Waals surface area (Å²) in [7, 11) is 0. The number of rotatable bonds is 5. The number of furan rings is 1. The number of carbonyl (C=O) groups is 1. The van der Waals surface area contributed by atoms with Crippen LogP contribution in [-0.4, -0.2) is 23.9 Å². The largest absolute Gasteiger partial charge is 0.467 e. The molecule has 3 rings (SSSR count). The highest BCUT2D eigenvalue weighted by Crippen LogP contribution is 2.19. The van der Waals surface area contributed by atoms with Crippen molar-refractivity contribution in [3.63, 3.8) is 0 Å². The lowest BCUT2D eigenvalue weighted by molar-refractivity contribution is -0.138. The first-order chi connectivity index (χ1) is 10.8. The van der Waals surface area contributed by atoms with E-state index < -0.39 is 0 Å². The van der Waals surface area contributed by atoms with Crippen molar-refractivity contribution in [2.75, 3.05) is 13.1 Å². The molecule has 116 valence electrons. The Morgan fingerprint density at radius 1 is 1.09 bits per heavy atom. The lowest BCUT2D eigenvalue weighted by atomic mass is 9.96. The van der Waals surface area contributed by atoms with Gasteiger partial charge < -0.3 is 14.6 Å². The average molecular weight is 298 g/mol. The van der Waals surface area contributed by atoms with Gasteiger partial charge in [-0.1, -0.05) is 30.3 Å². The maximum Gasteiger partial charge on any atom is 0.226 e.